The van der Waals surface area contributed by atoms with Gasteiger partial charge in [-0.3, -0.25) is 92.6 Å². The minimum absolute atomic E-state index is 0.00864. The molecule has 12 atom stereocenters. The Labute approximate surface area is 549 Å². The summed E-state index contributed by atoms with van der Waals surface area (Å²) in [4.78, 5) is 103. The molecule has 0 aliphatic carbocycles. The lowest BCUT2D eigenvalue weighted by Gasteiger charge is -2.26. The molecular formula is C54H99N7O29P4. The third-order valence-corrected chi connectivity index (χ3v) is 16.1. The molecule has 0 aromatic rings. The molecule has 0 saturated heterocycles. The number of urea groups is 1. The van der Waals surface area contributed by atoms with Crippen LogP contribution in [0.2, 0.25) is 0 Å². The summed E-state index contributed by atoms with van der Waals surface area (Å²) >= 11 is 0. The number of phosphoric ester groups is 4. The minimum atomic E-state index is -4.22. The molecule has 4 unspecified atom stereocenters. The Kier molecular flexibility index (Phi) is 51.8. The van der Waals surface area contributed by atoms with E-state index in [2.05, 4.69) is 58.2 Å². The first-order chi connectivity index (χ1) is 43.9. The number of hydrogen-bond donors (Lipinski definition) is 7. The van der Waals surface area contributed by atoms with E-state index in [0.29, 0.717) is 6.42 Å². The second kappa shape index (κ2) is 52.6. The van der Waals surface area contributed by atoms with Crippen LogP contribution in [0, 0.1) is 0 Å². The molecule has 0 aromatic heterocycles. The summed E-state index contributed by atoms with van der Waals surface area (Å²) in [6.07, 6.45) is 3.00. The number of nitrogens with two attached hydrogens (primary N) is 1. The Hall–Kier alpha value is -5.61. The number of amides is 6. The molecule has 0 aliphatic heterocycles. The van der Waals surface area contributed by atoms with Gasteiger partial charge in [-0.15, -0.1) is 26.3 Å². The average Bonchev–Trinajstić information content (AvgIpc) is 1.22. The SMILES string of the molecule is C=CCOP(=O)(OCCC)OC[C@H](NC(C)=O)[C@@H](C)OC(C)=O.C=CCOP(=O)(OCCN)OC[C@H](NC(C)=O)[C@@H](C)OC(C)=O.C=CCOP(=O)(OCCNC(=O)NCCOP(=O)(OCC=C)OC[C@H](NC(C)=O)[C@@H](C)OC(C)=O)OC[C@H](NC(C)=O)[C@@H](C)OC(C)=O. The second-order valence-electron chi connectivity index (χ2n) is 19.1. The first kappa shape index (κ1) is 92.6. The monoisotopic (exact) mass is 1430 g/mol. The number of ether oxygens (including phenoxy) is 4. The van der Waals surface area contributed by atoms with Crippen molar-refractivity contribution >= 4 is 84.8 Å². The number of carbonyl (C=O) groups is 9. The van der Waals surface area contributed by atoms with Gasteiger partial charge in [0.05, 0.1) is 103 Å². The van der Waals surface area contributed by atoms with Crippen LogP contribution in [0.3, 0.4) is 0 Å². The molecule has 0 rings (SSSR count). The molecule has 36 nitrogen and oxygen atoms in total. The maximum absolute atomic E-state index is 13.1. The summed E-state index contributed by atoms with van der Waals surface area (Å²) < 4.78 is 133. The molecule has 0 aliphatic rings. The Morgan fingerprint density at radius 2 is 0.596 bits per heavy atom. The lowest BCUT2D eigenvalue weighted by molar-refractivity contribution is -0.148. The van der Waals surface area contributed by atoms with Crippen molar-refractivity contribution in [1.82, 2.24) is 31.9 Å². The van der Waals surface area contributed by atoms with E-state index in [4.69, 9.17) is 79.0 Å². The summed E-state index contributed by atoms with van der Waals surface area (Å²) in [6.45, 7) is 29.4. The molecular weight excluding hydrogens is 1330 g/mol. The molecule has 0 fully saturated rings. The Balaban J connectivity index is -0.00000149. The fourth-order valence-electron chi connectivity index (χ4n) is 6.38. The van der Waals surface area contributed by atoms with Crippen molar-refractivity contribution in [3.05, 3.63) is 50.6 Å². The third-order valence-electron chi connectivity index (χ3n) is 10.4. The number of hydrogen-bond acceptors (Lipinski definition) is 30. The Bertz CT molecular complexity index is 2390. The summed E-state index contributed by atoms with van der Waals surface area (Å²) in [5.74, 6) is -3.81. The van der Waals surface area contributed by atoms with E-state index < -0.39 is 135 Å². The topological polar surface area (TPSA) is 468 Å². The van der Waals surface area contributed by atoms with Gasteiger partial charge in [0.2, 0.25) is 23.6 Å². The van der Waals surface area contributed by atoms with Crippen molar-refractivity contribution in [2.45, 2.75) is 145 Å². The van der Waals surface area contributed by atoms with Crippen molar-refractivity contribution in [2.75, 3.05) is 98.9 Å². The molecule has 6 amide bonds. The van der Waals surface area contributed by atoms with Crippen LogP contribution in [-0.2, 0) is 130 Å². The van der Waals surface area contributed by atoms with E-state index >= 15 is 0 Å². The van der Waals surface area contributed by atoms with Gasteiger partial charge in [0.25, 0.3) is 0 Å². The predicted molar refractivity (Wildman–Crippen MR) is 339 cm³/mol. The summed E-state index contributed by atoms with van der Waals surface area (Å²) in [5, 5.41) is 15.1. The second-order valence-corrected chi connectivity index (χ2v) is 25.8. The standard InChI is InChI=1S/C27H48N4O15P2.C14H26NO7P.C13H25N2O7P/c1-9-13-39-47(37,43-17-25(30-21(5)32)19(3)45-23(7)34)41-15-11-28-27(36)29-12-16-42-48(38,40-14-10-2)44-18-26(31-22(6)33)20(4)46-24(8)35;1-6-8-19-23(18,20-9-7-2)21-10-14(15-12(4)16)11(3)22-13(5)17;1-5-7-19-23(18,20-8-6-14)21-9-13(15-11(3)16)10(2)22-12(4)17/h9-10,19-20,25-26H,1-2,11-18H2,3-8H3,(H,30,32)(H,31,33)(H2,28,29,36);6,11,14H,1,7-10H2,2-5H3,(H,15,16);5,10,13H,1,6-9,14H2,2-4H3,(H,15,16)/t19-,20-,25+,26+,47?,48?;11-,14+,23?;10-,13+,23?/m111/s1. The van der Waals surface area contributed by atoms with Gasteiger partial charge in [0.15, 0.2) is 0 Å². The van der Waals surface area contributed by atoms with Crippen molar-refractivity contribution in [3.8, 4) is 0 Å². The molecule has 0 heterocycles. The van der Waals surface area contributed by atoms with Gasteiger partial charge in [-0.2, -0.15) is 0 Å². The summed E-state index contributed by atoms with van der Waals surface area (Å²) in [6, 6.07) is -3.88. The Morgan fingerprint density at radius 3 is 0.787 bits per heavy atom. The maximum Gasteiger partial charge on any atom is 0.475 e. The first-order valence-corrected chi connectivity index (χ1v) is 34.8. The number of carbonyl (C=O) groups excluding carboxylic acids is 9. The van der Waals surface area contributed by atoms with Gasteiger partial charge in [-0.05, 0) is 34.1 Å². The van der Waals surface area contributed by atoms with Crippen LogP contribution in [0.4, 0.5) is 4.79 Å². The minimum Gasteiger partial charge on any atom is -0.461 e. The lowest BCUT2D eigenvalue weighted by Crippen LogP contribution is -2.46. The van der Waals surface area contributed by atoms with E-state index in [0.717, 1.165) is 0 Å². The fourth-order valence-corrected chi connectivity index (χ4v) is 11.2. The van der Waals surface area contributed by atoms with Crippen LogP contribution in [-0.4, -0.2) is 201 Å². The number of nitrogens with one attached hydrogen (secondary N) is 6. The quantitative estimate of drug-likeness (QED) is 0.0141. The highest BCUT2D eigenvalue weighted by molar-refractivity contribution is 7.49. The zero-order valence-corrected chi connectivity index (χ0v) is 59.4. The molecule has 544 valence electrons. The number of rotatable bonds is 50. The molecule has 0 aromatic carbocycles. The number of phosphoric acid groups is 4. The molecule has 8 N–H and O–H groups in total. The highest BCUT2D eigenvalue weighted by atomic mass is 31.2. The molecule has 0 spiro atoms. The van der Waals surface area contributed by atoms with Gasteiger partial charge >= 0.3 is 61.2 Å². The zero-order chi connectivity index (χ0) is 72.5. The van der Waals surface area contributed by atoms with Crippen molar-refractivity contribution in [1.29, 1.82) is 0 Å². The van der Waals surface area contributed by atoms with Crippen LogP contribution in [0.5, 0.6) is 0 Å². The van der Waals surface area contributed by atoms with Crippen molar-refractivity contribution in [2.24, 2.45) is 5.73 Å². The van der Waals surface area contributed by atoms with Gasteiger partial charge < -0.3 is 56.6 Å². The van der Waals surface area contributed by atoms with Crippen LogP contribution in [0.1, 0.15) is 96.4 Å². The van der Waals surface area contributed by atoms with E-state index in [1.165, 1.54) is 93.5 Å². The van der Waals surface area contributed by atoms with Gasteiger partial charge in [0, 0.05) is 75.0 Å². The van der Waals surface area contributed by atoms with Crippen LogP contribution in [0.25, 0.3) is 0 Å². The molecule has 40 heteroatoms. The largest absolute Gasteiger partial charge is 0.475 e. The lowest BCUT2D eigenvalue weighted by atomic mass is 10.2. The van der Waals surface area contributed by atoms with Crippen LogP contribution >= 0.6 is 31.3 Å². The normalized spacial score (nSPS) is 16.0. The average molecular weight is 1430 g/mol. The van der Waals surface area contributed by atoms with E-state index in [1.807, 2.05) is 6.92 Å². The summed E-state index contributed by atoms with van der Waals surface area (Å²) in [5.41, 5.74) is 5.30. The summed E-state index contributed by atoms with van der Waals surface area (Å²) in [7, 11) is -16.1. The fraction of sp³-hybridized carbons (Fsp3) is 0.685. The third kappa shape index (κ3) is 49.9. The van der Waals surface area contributed by atoms with E-state index in [1.54, 1.807) is 13.8 Å². The van der Waals surface area contributed by atoms with Crippen LogP contribution in [0.15, 0.2) is 50.6 Å². The smallest absolute Gasteiger partial charge is 0.461 e. The molecule has 0 saturated carbocycles. The van der Waals surface area contributed by atoms with E-state index in [-0.39, 0.29) is 97.5 Å². The van der Waals surface area contributed by atoms with Crippen molar-refractivity contribution in [3.63, 3.8) is 0 Å². The van der Waals surface area contributed by atoms with Gasteiger partial charge in [-0.1, -0.05) is 31.2 Å². The zero-order valence-electron chi connectivity index (χ0n) is 55.8. The van der Waals surface area contributed by atoms with Gasteiger partial charge in [-0.25, -0.2) is 23.1 Å². The van der Waals surface area contributed by atoms with E-state index in [9.17, 15) is 61.4 Å². The first-order valence-electron chi connectivity index (χ1n) is 29.0. The van der Waals surface area contributed by atoms with Crippen LogP contribution < -0.4 is 37.6 Å². The van der Waals surface area contributed by atoms with Gasteiger partial charge in [0.1, 0.15) is 24.4 Å². The molecule has 94 heavy (non-hydrogen) atoms. The highest BCUT2D eigenvalue weighted by Crippen LogP contribution is 2.52. The molecule has 0 radical (unpaired) electrons. The Morgan fingerprint density at radius 1 is 0.372 bits per heavy atom. The maximum atomic E-state index is 13.1. The predicted octanol–water partition coefficient (Wildman–Crippen LogP) is 4.83. The molecule has 0 bridgehead atoms. The van der Waals surface area contributed by atoms with Crippen molar-refractivity contribution < 1.29 is 135 Å². The highest BCUT2D eigenvalue weighted by Gasteiger charge is 2.35. The number of esters is 4.